The highest BCUT2D eigenvalue weighted by molar-refractivity contribution is 5.90. The Morgan fingerprint density at radius 2 is 1.79 bits per heavy atom. The Kier molecular flexibility index (Phi) is 9.26. The van der Waals surface area contributed by atoms with Crippen molar-refractivity contribution in [2.24, 2.45) is 10.7 Å². The predicted octanol–water partition coefficient (Wildman–Crippen LogP) is 1.56. The molecule has 0 bridgehead atoms. The molecule has 1 aromatic carbocycles. The van der Waals surface area contributed by atoms with E-state index in [9.17, 15) is 19.5 Å². The van der Waals surface area contributed by atoms with Crippen molar-refractivity contribution in [2.45, 2.75) is 63.4 Å². The number of likely N-dealkylation sites (tertiary alicyclic amines) is 2. The molecule has 0 saturated carbocycles. The number of ether oxygens (including phenoxy) is 1. The zero-order valence-corrected chi connectivity index (χ0v) is 21.2. The summed E-state index contributed by atoms with van der Waals surface area (Å²) >= 11 is 0. The maximum absolute atomic E-state index is 13.1. The molecule has 2 aliphatic heterocycles. The van der Waals surface area contributed by atoms with Crippen LogP contribution in [-0.2, 0) is 27.4 Å². The number of benzene rings is 1. The average Bonchev–Trinajstić information content (AvgIpc) is 3.43. The molecule has 2 saturated heterocycles. The molecule has 2 fully saturated rings. The van der Waals surface area contributed by atoms with Crippen molar-refractivity contribution in [3.8, 4) is 0 Å². The summed E-state index contributed by atoms with van der Waals surface area (Å²) in [5, 5.41) is 13.8. The Balaban J connectivity index is 1.30. The Labute approximate surface area is 221 Å². The van der Waals surface area contributed by atoms with Crippen LogP contribution in [0.1, 0.15) is 43.2 Å². The van der Waals surface area contributed by atoms with E-state index in [4.69, 9.17) is 10.5 Å². The van der Waals surface area contributed by atoms with E-state index in [1.165, 1.54) is 4.90 Å². The maximum Gasteiger partial charge on any atom is 0.437 e. The molecule has 3 heterocycles. The summed E-state index contributed by atoms with van der Waals surface area (Å²) in [5.74, 6) is -0.564. The summed E-state index contributed by atoms with van der Waals surface area (Å²) in [7, 11) is 0. The van der Waals surface area contributed by atoms with E-state index in [0.29, 0.717) is 45.2 Å². The van der Waals surface area contributed by atoms with E-state index in [2.05, 4.69) is 15.3 Å². The summed E-state index contributed by atoms with van der Waals surface area (Å²) in [5.41, 5.74) is 7.79. The quantitative estimate of drug-likeness (QED) is 0.366. The first-order valence-electron chi connectivity index (χ1n) is 12.9. The molecular formula is C27H34N6O5. The number of guanidine groups is 1. The number of piperidine rings is 1. The second-order valence-electron chi connectivity index (χ2n) is 9.48. The maximum atomic E-state index is 13.1. The first-order valence-corrected chi connectivity index (χ1v) is 12.9. The van der Waals surface area contributed by atoms with Crippen LogP contribution in [0, 0.1) is 0 Å². The third-order valence-corrected chi connectivity index (χ3v) is 6.85. The standard InChI is InChI=1S/C27H34N6O5/c28-26(31-27(37)38-18-20-7-2-1-3-8-20)33-16-5-10-21(25(33)36)30-24(35)22-11-6-15-32(22)23(34)13-12-19-9-4-14-29-17-19/h1-4,7-9,14,17,21-22,25,36H,5-6,10-13,15-16,18H2,(H,30,35)(H2,28,31,37)/t21-,22-,25?/m0/s1. The van der Waals surface area contributed by atoms with Gasteiger partial charge in [-0.2, -0.15) is 0 Å². The fraction of sp³-hybridized carbons (Fsp3) is 0.444. The molecule has 0 radical (unpaired) electrons. The van der Waals surface area contributed by atoms with Crippen LogP contribution in [0.3, 0.4) is 0 Å². The van der Waals surface area contributed by atoms with Crippen molar-refractivity contribution in [3.05, 3.63) is 66.0 Å². The number of rotatable bonds is 7. The summed E-state index contributed by atoms with van der Waals surface area (Å²) in [6.45, 7) is 0.946. The first-order chi connectivity index (χ1) is 18.4. The number of pyridine rings is 1. The van der Waals surface area contributed by atoms with Crippen LogP contribution >= 0.6 is 0 Å². The number of aliphatic hydroxyl groups excluding tert-OH is 1. The highest BCUT2D eigenvalue weighted by atomic mass is 16.5. The van der Waals surface area contributed by atoms with Crippen molar-refractivity contribution >= 4 is 23.9 Å². The van der Waals surface area contributed by atoms with Gasteiger partial charge in [0, 0.05) is 31.9 Å². The fourth-order valence-corrected chi connectivity index (χ4v) is 4.84. The van der Waals surface area contributed by atoms with Crippen LogP contribution in [0.25, 0.3) is 0 Å². The molecule has 4 N–H and O–H groups in total. The summed E-state index contributed by atoms with van der Waals surface area (Å²) in [6, 6.07) is 11.7. The summed E-state index contributed by atoms with van der Waals surface area (Å²) in [6.07, 6.45) is 4.68. The number of nitrogens with one attached hydrogen (secondary N) is 1. The largest absolute Gasteiger partial charge is 0.443 e. The number of amides is 3. The van der Waals surface area contributed by atoms with Crippen molar-refractivity contribution in [1.82, 2.24) is 20.1 Å². The normalized spacial score (nSPS) is 21.7. The van der Waals surface area contributed by atoms with Gasteiger partial charge in [-0.3, -0.25) is 14.6 Å². The number of nitrogens with two attached hydrogens (primary N) is 1. The van der Waals surface area contributed by atoms with Gasteiger partial charge in [0.2, 0.25) is 17.8 Å². The summed E-state index contributed by atoms with van der Waals surface area (Å²) in [4.78, 5) is 49.0. The monoisotopic (exact) mass is 522 g/mol. The molecule has 0 spiro atoms. The van der Waals surface area contributed by atoms with Crippen molar-refractivity contribution in [1.29, 1.82) is 0 Å². The molecule has 11 nitrogen and oxygen atoms in total. The van der Waals surface area contributed by atoms with Crippen LogP contribution in [0.5, 0.6) is 0 Å². The molecule has 0 aliphatic carbocycles. The number of hydrogen-bond donors (Lipinski definition) is 3. The van der Waals surface area contributed by atoms with E-state index in [1.54, 1.807) is 17.3 Å². The molecular weight excluding hydrogens is 488 g/mol. The predicted molar refractivity (Wildman–Crippen MR) is 139 cm³/mol. The molecule has 202 valence electrons. The van der Waals surface area contributed by atoms with E-state index in [-0.39, 0.29) is 24.4 Å². The molecule has 11 heteroatoms. The number of aliphatic imine (C=N–C) groups is 1. The topological polar surface area (TPSA) is 150 Å². The number of nitrogens with zero attached hydrogens (tertiary/aromatic N) is 4. The van der Waals surface area contributed by atoms with Crippen LogP contribution < -0.4 is 11.1 Å². The zero-order valence-electron chi connectivity index (χ0n) is 21.2. The Hall–Kier alpha value is -3.99. The Bertz CT molecular complexity index is 1130. The fourth-order valence-electron chi connectivity index (χ4n) is 4.84. The lowest BCUT2D eigenvalue weighted by atomic mass is 10.0. The van der Waals surface area contributed by atoms with Gasteiger partial charge in [0.1, 0.15) is 18.9 Å². The van der Waals surface area contributed by atoms with Gasteiger partial charge in [-0.25, -0.2) is 4.79 Å². The molecule has 3 amide bonds. The van der Waals surface area contributed by atoms with Gasteiger partial charge in [-0.15, -0.1) is 4.99 Å². The smallest absolute Gasteiger partial charge is 0.437 e. The second-order valence-corrected chi connectivity index (χ2v) is 9.48. The summed E-state index contributed by atoms with van der Waals surface area (Å²) < 4.78 is 5.14. The minimum absolute atomic E-state index is 0.0521. The van der Waals surface area contributed by atoms with Gasteiger partial charge in [0.15, 0.2) is 0 Å². The number of aliphatic hydroxyl groups is 1. The van der Waals surface area contributed by atoms with Gasteiger partial charge >= 0.3 is 6.09 Å². The molecule has 38 heavy (non-hydrogen) atoms. The van der Waals surface area contributed by atoms with E-state index < -0.39 is 24.4 Å². The van der Waals surface area contributed by atoms with Crippen LogP contribution in [0.2, 0.25) is 0 Å². The number of carbonyl (C=O) groups is 3. The lowest BCUT2D eigenvalue weighted by molar-refractivity contribution is -0.139. The van der Waals surface area contributed by atoms with Crippen LogP contribution in [-0.4, -0.2) is 75.2 Å². The molecule has 2 aliphatic rings. The second kappa shape index (κ2) is 13.0. The van der Waals surface area contributed by atoms with Gasteiger partial charge in [0.25, 0.3) is 0 Å². The highest BCUT2D eigenvalue weighted by Gasteiger charge is 2.38. The highest BCUT2D eigenvalue weighted by Crippen LogP contribution is 2.21. The first kappa shape index (κ1) is 27.1. The third kappa shape index (κ3) is 7.06. The van der Waals surface area contributed by atoms with Crippen LogP contribution in [0.15, 0.2) is 59.9 Å². The molecule has 4 rings (SSSR count). The van der Waals surface area contributed by atoms with E-state index >= 15 is 0 Å². The zero-order chi connectivity index (χ0) is 26.9. The SMILES string of the molecule is N/C(=N\C(=O)OCc1ccccc1)N1CCC[C@H](NC(=O)[C@@H]2CCCN2C(=O)CCc2cccnc2)C1O. The van der Waals surface area contributed by atoms with Gasteiger partial charge < -0.3 is 30.7 Å². The number of aromatic nitrogens is 1. The minimum Gasteiger partial charge on any atom is -0.443 e. The third-order valence-electron chi connectivity index (χ3n) is 6.85. The molecule has 1 unspecified atom stereocenters. The number of hydrogen-bond acceptors (Lipinski definition) is 6. The van der Waals surface area contributed by atoms with Crippen molar-refractivity contribution < 1.29 is 24.2 Å². The van der Waals surface area contributed by atoms with Crippen molar-refractivity contribution in [3.63, 3.8) is 0 Å². The molecule has 1 aromatic heterocycles. The van der Waals surface area contributed by atoms with Gasteiger partial charge in [-0.05, 0) is 49.3 Å². The van der Waals surface area contributed by atoms with Gasteiger partial charge in [-0.1, -0.05) is 36.4 Å². The Morgan fingerprint density at radius 1 is 1.05 bits per heavy atom. The molecule has 2 aromatic rings. The number of aryl methyl sites for hydroxylation is 1. The van der Waals surface area contributed by atoms with Crippen molar-refractivity contribution in [2.75, 3.05) is 13.1 Å². The average molecular weight is 523 g/mol. The lowest BCUT2D eigenvalue weighted by Gasteiger charge is -2.39. The van der Waals surface area contributed by atoms with Crippen LogP contribution in [0.4, 0.5) is 4.79 Å². The number of carbonyl (C=O) groups excluding carboxylic acids is 3. The minimum atomic E-state index is -1.17. The van der Waals surface area contributed by atoms with E-state index in [0.717, 1.165) is 17.5 Å². The van der Waals surface area contributed by atoms with E-state index in [1.807, 2.05) is 42.5 Å². The Morgan fingerprint density at radius 3 is 2.55 bits per heavy atom. The molecule has 3 atom stereocenters. The lowest BCUT2D eigenvalue weighted by Crippen LogP contribution is -2.60. The van der Waals surface area contributed by atoms with Gasteiger partial charge in [0.05, 0.1) is 6.04 Å².